The summed E-state index contributed by atoms with van der Waals surface area (Å²) in [7, 11) is 0. The SMILES string of the molecule is Clc1cc2[nH]c(Oc3cccc(Nc4ccccc4)c3)nc2nc1-c1ccc(N2CCOCC2)cc1. The number of hydrogen-bond acceptors (Lipinski definition) is 6. The van der Waals surface area contributed by atoms with E-state index in [0.29, 0.717) is 33.6 Å². The molecule has 1 aliphatic heterocycles. The number of hydrogen-bond donors (Lipinski definition) is 2. The number of morpholine rings is 1. The largest absolute Gasteiger partial charge is 0.426 e. The summed E-state index contributed by atoms with van der Waals surface area (Å²) >= 11 is 6.61. The van der Waals surface area contributed by atoms with Gasteiger partial charge in [-0.3, -0.25) is 0 Å². The number of aromatic nitrogens is 3. The number of nitrogens with zero attached hydrogens (tertiary/aromatic N) is 3. The Labute approximate surface area is 213 Å². The molecule has 180 valence electrons. The molecule has 2 aromatic heterocycles. The molecule has 1 aliphatic rings. The number of pyridine rings is 1. The van der Waals surface area contributed by atoms with Gasteiger partial charge in [0.05, 0.1) is 29.4 Å². The maximum atomic E-state index is 6.61. The number of rotatable bonds is 6. The fourth-order valence-corrected chi connectivity index (χ4v) is 4.50. The van der Waals surface area contributed by atoms with Crippen LogP contribution in [0.5, 0.6) is 11.8 Å². The smallest absolute Gasteiger partial charge is 0.301 e. The van der Waals surface area contributed by atoms with Gasteiger partial charge in [-0.15, -0.1) is 0 Å². The highest BCUT2D eigenvalue weighted by molar-refractivity contribution is 6.33. The molecule has 0 aliphatic carbocycles. The minimum Gasteiger partial charge on any atom is -0.426 e. The molecule has 3 heterocycles. The van der Waals surface area contributed by atoms with Crippen LogP contribution in [0.4, 0.5) is 17.1 Å². The van der Waals surface area contributed by atoms with Gasteiger partial charge in [-0.2, -0.15) is 4.98 Å². The lowest BCUT2D eigenvalue weighted by Gasteiger charge is -2.28. The highest BCUT2D eigenvalue weighted by Crippen LogP contribution is 2.32. The molecule has 36 heavy (non-hydrogen) atoms. The third-order valence-corrected chi connectivity index (χ3v) is 6.32. The number of H-pyrrole nitrogens is 1. The normalized spacial score (nSPS) is 13.6. The van der Waals surface area contributed by atoms with Crippen LogP contribution in [0.3, 0.4) is 0 Å². The van der Waals surface area contributed by atoms with E-state index in [1.54, 1.807) is 0 Å². The summed E-state index contributed by atoms with van der Waals surface area (Å²) in [4.78, 5) is 14.8. The first-order valence-corrected chi connectivity index (χ1v) is 12.2. The van der Waals surface area contributed by atoms with Gasteiger partial charge in [-0.1, -0.05) is 48.0 Å². The number of ether oxygens (including phenoxy) is 2. The van der Waals surface area contributed by atoms with Crippen LogP contribution in [0.15, 0.2) is 84.9 Å². The number of benzene rings is 3. The highest BCUT2D eigenvalue weighted by atomic mass is 35.5. The molecule has 0 amide bonds. The molecule has 0 atom stereocenters. The van der Waals surface area contributed by atoms with Crippen molar-refractivity contribution < 1.29 is 9.47 Å². The Bertz CT molecular complexity index is 1480. The number of anilines is 3. The van der Waals surface area contributed by atoms with E-state index in [9.17, 15) is 0 Å². The maximum absolute atomic E-state index is 6.61. The Balaban J connectivity index is 1.22. The predicted molar refractivity (Wildman–Crippen MR) is 144 cm³/mol. The van der Waals surface area contributed by atoms with Crippen molar-refractivity contribution in [2.45, 2.75) is 0 Å². The molecule has 0 radical (unpaired) electrons. The molecule has 1 fully saturated rings. The van der Waals surface area contributed by atoms with Crippen LogP contribution in [0.2, 0.25) is 5.02 Å². The van der Waals surface area contributed by atoms with Crippen LogP contribution in [-0.4, -0.2) is 41.3 Å². The zero-order chi connectivity index (χ0) is 24.3. The van der Waals surface area contributed by atoms with E-state index in [4.69, 9.17) is 26.1 Å². The van der Waals surface area contributed by atoms with Gasteiger partial charge < -0.3 is 24.7 Å². The lowest BCUT2D eigenvalue weighted by molar-refractivity contribution is 0.122. The van der Waals surface area contributed by atoms with Gasteiger partial charge in [0.1, 0.15) is 5.75 Å². The second kappa shape index (κ2) is 9.89. The third-order valence-electron chi connectivity index (χ3n) is 6.03. The predicted octanol–water partition coefficient (Wildman–Crippen LogP) is 6.65. The average molecular weight is 498 g/mol. The summed E-state index contributed by atoms with van der Waals surface area (Å²) in [6.45, 7) is 3.30. The van der Waals surface area contributed by atoms with E-state index in [2.05, 4.69) is 32.3 Å². The fraction of sp³-hybridized carbons (Fsp3) is 0.143. The lowest BCUT2D eigenvalue weighted by atomic mass is 10.1. The zero-order valence-corrected chi connectivity index (χ0v) is 20.2. The van der Waals surface area contributed by atoms with Crippen molar-refractivity contribution in [2.24, 2.45) is 0 Å². The monoisotopic (exact) mass is 497 g/mol. The van der Waals surface area contributed by atoms with Gasteiger partial charge in [0.15, 0.2) is 5.65 Å². The van der Waals surface area contributed by atoms with Gasteiger partial charge in [0.25, 0.3) is 0 Å². The van der Waals surface area contributed by atoms with E-state index in [0.717, 1.165) is 43.2 Å². The highest BCUT2D eigenvalue weighted by Gasteiger charge is 2.15. The minimum atomic E-state index is 0.352. The minimum absolute atomic E-state index is 0.352. The molecule has 7 nitrogen and oxygen atoms in total. The lowest BCUT2D eigenvalue weighted by Crippen LogP contribution is -2.36. The van der Waals surface area contributed by atoms with Crippen molar-refractivity contribution in [3.05, 3.63) is 90.0 Å². The van der Waals surface area contributed by atoms with Gasteiger partial charge in [0, 0.05) is 41.8 Å². The molecule has 5 aromatic rings. The summed E-state index contributed by atoms with van der Waals surface area (Å²) in [6.07, 6.45) is 0. The van der Waals surface area contributed by atoms with Gasteiger partial charge in [-0.05, 0) is 42.5 Å². The van der Waals surface area contributed by atoms with Crippen LogP contribution >= 0.6 is 11.6 Å². The van der Waals surface area contributed by atoms with Crippen molar-refractivity contribution in [3.8, 4) is 23.0 Å². The Kier molecular flexibility index (Phi) is 6.15. The van der Waals surface area contributed by atoms with Crippen LogP contribution in [0.25, 0.3) is 22.4 Å². The van der Waals surface area contributed by atoms with Crippen molar-refractivity contribution >= 4 is 39.8 Å². The maximum Gasteiger partial charge on any atom is 0.301 e. The van der Waals surface area contributed by atoms with Crippen molar-refractivity contribution in [3.63, 3.8) is 0 Å². The number of imidazole rings is 1. The number of nitrogens with one attached hydrogen (secondary N) is 2. The zero-order valence-electron chi connectivity index (χ0n) is 19.4. The molecule has 6 rings (SSSR count). The van der Waals surface area contributed by atoms with E-state index in [-0.39, 0.29) is 0 Å². The third kappa shape index (κ3) is 4.84. The number of halogens is 1. The van der Waals surface area contributed by atoms with Gasteiger partial charge >= 0.3 is 6.01 Å². The summed E-state index contributed by atoms with van der Waals surface area (Å²) < 4.78 is 11.5. The van der Waals surface area contributed by atoms with Crippen molar-refractivity contribution in [2.75, 3.05) is 36.5 Å². The molecule has 0 unspecified atom stereocenters. The summed E-state index contributed by atoms with van der Waals surface area (Å²) in [5, 5.41) is 3.91. The van der Waals surface area contributed by atoms with E-state index in [1.807, 2.05) is 72.8 Å². The Morgan fingerprint density at radius 1 is 0.861 bits per heavy atom. The van der Waals surface area contributed by atoms with E-state index >= 15 is 0 Å². The Hall–Kier alpha value is -4.07. The quantitative estimate of drug-likeness (QED) is 0.273. The average Bonchev–Trinajstić information content (AvgIpc) is 3.30. The molecule has 0 spiro atoms. The molecular formula is C28H24ClN5O2. The van der Waals surface area contributed by atoms with E-state index in [1.165, 1.54) is 5.69 Å². The summed E-state index contributed by atoms with van der Waals surface area (Å²) in [5.74, 6) is 0.653. The van der Waals surface area contributed by atoms with Crippen LogP contribution in [-0.2, 0) is 4.74 Å². The molecule has 8 heteroatoms. The number of aromatic amines is 1. The van der Waals surface area contributed by atoms with E-state index < -0.39 is 0 Å². The molecular weight excluding hydrogens is 474 g/mol. The van der Waals surface area contributed by atoms with Crippen LogP contribution in [0, 0.1) is 0 Å². The molecule has 0 bridgehead atoms. The van der Waals surface area contributed by atoms with Crippen LogP contribution < -0.4 is 15.0 Å². The van der Waals surface area contributed by atoms with Crippen molar-refractivity contribution in [1.82, 2.24) is 15.0 Å². The second-order valence-electron chi connectivity index (χ2n) is 8.50. The molecule has 2 N–H and O–H groups in total. The summed E-state index contributed by atoms with van der Waals surface area (Å²) in [6, 6.07) is 28.2. The first kappa shape index (κ1) is 22.4. The topological polar surface area (TPSA) is 75.3 Å². The number of para-hydroxylation sites is 1. The van der Waals surface area contributed by atoms with Gasteiger partial charge in [0.2, 0.25) is 0 Å². The Morgan fingerprint density at radius 3 is 2.44 bits per heavy atom. The molecule has 3 aromatic carbocycles. The van der Waals surface area contributed by atoms with Crippen LogP contribution in [0.1, 0.15) is 0 Å². The molecule has 0 saturated carbocycles. The number of fused-ring (bicyclic) bond motifs is 1. The van der Waals surface area contributed by atoms with Crippen molar-refractivity contribution in [1.29, 1.82) is 0 Å². The first-order chi connectivity index (χ1) is 17.7. The fourth-order valence-electron chi connectivity index (χ4n) is 4.24. The van der Waals surface area contributed by atoms with Gasteiger partial charge in [-0.25, -0.2) is 4.98 Å². The summed E-state index contributed by atoms with van der Waals surface area (Å²) in [5.41, 5.74) is 5.96. The Morgan fingerprint density at radius 2 is 1.64 bits per heavy atom. The first-order valence-electron chi connectivity index (χ1n) is 11.8. The molecule has 1 saturated heterocycles. The standard InChI is InChI=1S/C28H24ClN5O2/c29-24-18-25-27(32-26(24)19-9-11-22(12-10-19)34-13-15-35-16-14-34)33-28(31-25)36-23-8-4-7-21(17-23)30-20-5-2-1-3-6-20/h1-12,17-18,30H,13-16H2,(H,31,32,33). The second-order valence-corrected chi connectivity index (χ2v) is 8.91.